The molecule has 8 heteroatoms. The van der Waals surface area contributed by atoms with Crippen molar-refractivity contribution in [1.82, 2.24) is 9.97 Å². The van der Waals surface area contributed by atoms with Crippen molar-refractivity contribution in [2.45, 2.75) is 6.04 Å². The van der Waals surface area contributed by atoms with E-state index in [2.05, 4.69) is 15.3 Å². The zero-order chi connectivity index (χ0) is 17.3. The summed E-state index contributed by atoms with van der Waals surface area (Å²) in [6.45, 7) is 0. The van der Waals surface area contributed by atoms with Crippen LogP contribution in [-0.4, -0.2) is 15.9 Å². The molecule has 5 nitrogen and oxygen atoms in total. The highest BCUT2D eigenvalue weighted by molar-refractivity contribution is 6.30. The quantitative estimate of drug-likeness (QED) is 0.758. The summed E-state index contributed by atoms with van der Waals surface area (Å²) in [6, 6.07) is 7.55. The Balaban J connectivity index is 1.95. The number of fused-ring (bicyclic) bond motifs is 1. The lowest BCUT2D eigenvalue weighted by Gasteiger charge is -2.16. The standard InChI is InChI=1S/C16H11ClF2N4O/c17-9-3-1-8(2-4-9)15(16(20)24)23-14-7-21-12-5-10(18)11(19)6-13(12)22-14/h1-7,15H,(H2,20,24)(H,22,23). The lowest BCUT2D eigenvalue weighted by Crippen LogP contribution is -2.28. The summed E-state index contributed by atoms with van der Waals surface area (Å²) < 4.78 is 26.5. The summed E-state index contributed by atoms with van der Waals surface area (Å²) in [5.41, 5.74) is 6.35. The first-order valence-corrected chi connectivity index (χ1v) is 7.25. The Morgan fingerprint density at radius 1 is 1.12 bits per heavy atom. The molecule has 0 bridgehead atoms. The van der Waals surface area contributed by atoms with Gasteiger partial charge >= 0.3 is 0 Å². The Bertz CT molecular complexity index is 918. The molecule has 3 rings (SSSR count). The highest BCUT2D eigenvalue weighted by Crippen LogP contribution is 2.22. The van der Waals surface area contributed by atoms with Crippen molar-refractivity contribution in [2.75, 3.05) is 5.32 Å². The molecule has 0 radical (unpaired) electrons. The summed E-state index contributed by atoms with van der Waals surface area (Å²) in [5, 5.41) is 3.35. The van der Waals surface area contributed by atoms with E-state index in [1.54, 1.807) is 24.3 Å². The molecule has 1 aromatic heterocycles. The molecule has 1 amide bonds. The average molecular weight is 349 g/mol. The van der Waals surface area contributed by atoms with Crippen LogP contribution in [0, 0.1) is 11.6 Å². The van der Waals surface area contributed by atoms with Gasteiger partial charge in [0, 0.05) is 17.2 Å². The molecule has 2 aromatic carbocycles. The van der Waals surface area contributed by atoms with Gasteiger partial charge in [-0.25, -0.2) is 13.8 Å². The third kappa shape index (κ3) is 3.26. The molecule has 1 heterocycles. The van der Waals surface area contributed by atoms with E-state index in [1.807, 2.05) is 0 Å². The van der Waals surface area contributed by atoms with E-state index in [1.165, 1.54) is 6.20 Å². The molecule has 0 saturated heterocycles. The smallest absolute Gasteiger partial charge is 0.244 e. The van der Waals surface area contributed by atoms with Crippen molar-refractivity contribution in [3.8, 4) is 0 Å². The number of rotatable bonds is 4. The zero-order valence-corrected chi connectivity index (χ0v) is 12.9. The Kier molecular flexibility index (Phi) is 4.26. The second kappa shape index (κ2) is 6.37. The van der Waals surface area contributed by atoms with Gasteiger partial charge < -0.3 is 11.1 Å². The fraction of sp³-hybridized carbons (Fsp3) is 0.0625. The minimum atomic E-state index is -1.03. The van der Waals surface area contributed by atoms with E-state index in [9.17, 15) is 13.6 Å². The van der Waals surface area contributed by atoms with Crippen LogP contribution in [0.5, 0.6) is 0 Å². The predicted molar refractivity (Wildman–Crippen MR) is 86.5 cm³/mol. The molecule has 1 unspecified atom stereocenters. The summed E-state index contributed by atoms with van der Waals surface area (Å²) in [5.74, 6) is -2.47. The fourth-order valence-corrected chi connectivity index (χ4v) is 2.33. The molecule has 0 saturated carbocycles. The molecule has 122 valence electrons. The zero-order valence-electron chi connectivity index (χ0n) is 12.1. The molecule has 0 aliphatic heterocycles. The number of aromatic nitrogens is 2. The van der Waals surface area contributed by atoms with Crippen molar-refractivity contribution < 1.29 is 13.6 Å². The van der Waals surface area contributed by atoms with Gasteiger partial charge in [-0.1, -0.05) is 23.7 Å². The van der Waals surface area contributed by atoms with Gasteiger partial charge in [0.1, 0.15) is 11.9 Å². The molecular formula is C16H11ClF2N4O. The third-order valence-corrected chi connectivity index (χ3v) is 3.62. The number of carbonyl (C=O) groups is 1. The van der Waals surface area contributed by atoms with Gasteiger partial charge in [-0.05, 0) is 17.7 Å². The van der Waals surface area contributed by atoms with Gasteiger partial charge in [0.2, 0.25) is 5.91 Å². The summed E-state index contributed by atoms with van der Waals surface area (Å²) in [4.78, 5) is 19.8. The average Bonchev–Trinajstić information content (AvgIpc) is 2.54. The lowest BCUT2D eigenvalue weighted by molar-refractivity contribution is -0.118. The second-order valence-corrected chi connectivity index (χ2v) is 5.48. The van der Waals surface area contributed by atoms with Crippen LogP contribution in [0.2, 0.25) is 5.02 Å². The maximum Gasteiger partial charge on any atom is 0.244 e. The number of nitrogens with two attached hydrogens (primary N) is 1. The Morgan fingerprint density at radius 3 is 2.38 bits per heavy atom. The van der Waals surface area contributed by atoms with Gasteiger partial charge in [-0.2, -0.15) is 0 Å². The van der Waals surface area contributed by atoms with E-state index in [4.69, 9.17) is 17.3 Å². The first kappa shape index (κ1) is 16.1. The topological polar surface area (TPSA) is 80.9 Å². The molecule has 3 aromatic rings. The summed E-state index contributed by atoms with van der Waals surface area (Å²) >= 11 is 5.82. The Hall–Kier alpha value is -2.80. The van der Waals surface area contributed by atoms with E-state index < -0.39 is 23.6 Å². The van der Waals surface area contributed by atoms with Crippen molar-refractivity contribution >= 4 is 34.4 Å². The van der Waals surface area contributed by atoms with Crippen LogP contribution in [0.1, 0.15) is 11.6 Å². The molecule has 24 heavy (non-hydrogen) atoms. The normalized spacial score (nSPS) is 12.1. The number of hydrogen-bond donors (Lipinski definition) is 2. The van der Waals surface area contributed by atoms with Crippen LogP contribution in [0.25, 0.3) is 11.0 Å². The van der Waals surface area contributed by atoms with Crippen molar-refractivity contribution in [3.63, 3.8) is 0 Å². The van der Waals surface area contributed by atoms with Crippen LogP contribution < -0.4 is 11.1 Å². The molecule has 3 N–H and O–H groups in total. The number of anilines is 1. The van der Waals surface area contributed by atoms with Crippen LogP contribution >= 0.6 is 11.6 Å². The highest BCUT2D eigenvalue weighted by Gasteiger charge is 2.18. The highest BCUT2D eigenvalue weighted by atomic mass is 35.5. The van der Waals surface area contributed by atoms with E-state index >= 15 is 0 Å². The van der Waals surface area contributed by atoms with Crippen molar-refractivity contribution in [3.05, 3.63) is 64.8 Å². The maximum atomic E-state index is 13.3. The fourth-order valence-electron chi connectivity index (χ4n) is 2.20. The largest absolute Gasteiger partial charge is 0.368 e. The molecule has 0 fully saturated rings. The minimum Gasteiger partial charge on any atom is -0.368 e. The Morgan fingerprint density at radius 2 is 1.75 bits per heavy atom. The maximum absolute atomic E-state index is 13.3. The van der Waals surface area contributed by atoms with Crippen molar-refractivity contribution in [1.29, 1.82) is 0 Å². The minimum absolute atomic E-state index is 0.151. The third-order valence-electron chi connectivity index (χ3n) is 3.36. The Labute approximate surface area is 140 Å². The van der Waals surface area contributed by atoms with Crippen LogP contribution in [0.3, 0.4) is 0 Å². The number of benzene rings is 2. The predicted octanol–water partition coefficient (Wildman–Crippen LogP) is 3.20. The lowest BCUT2D eigenvalue weighted by atomic mass is 10.1. The van der Waals surface area contributed by atoms with Gasteiger partial charge in [-0.15, -0.1) is 0 Å². The number of nitrogens with one attached hydrogen (secondary N) is 1. The number of halogens is 3. The van der Waals surface area contributed by atoms with E-state index in [0.717, 1.165) is 12.1 Å². The van der Waals surface area contributed by atoms with E-state index in [0.29, 0.717) is 10.6 Å². The SMILES string of the molecule is NC(=O)C(Nc1cnc2cc(F)c(F)cc2n1)c1ccc(Cl)cc1. The number of amides is 1. The first-order chi connectivity index (χ1) is 11.4. The van der Waals surface area contributed by atoms with Crippen LogP contribution in [0.4, 0.5) is 14.6 Å². The number of hydrogen-bond acceptors (Lipinski definition) is 4. The number of carbonyl (C=O) groups excluding carboxylic acids is 1. The second-order valence-electron chi connectivity index (χ2n) is 5.04. The number of primary amides is 1. The van der Waals surface area contributed by atoms with Gasteiger partial charge in [-0.3, -0.25) is 9.78 Å². The molecule has 0 spiro atoms. The van der Waals surface area contributed by atoms with Gasteiger partial charge in [0.05, 0.1) is 17.2 Å². The monoisotopic (exact) mass is 348 g/mol. The summed E-state index contributed by atoms with van der Waals surface area (Å²) in [6.07, 6.45) is 1.31. The first-order valence-electron chi connectivity index (χ1n) is 6.87. The molecule has 0 aliphatic rings. The van der Waals surface area contributed by atoms with Crippen LogP contribution in [0.15, 0.2) is 42.6 Å². The van der Waals surface area contributed by atoms with Crippen LogP contribution in [-0.2, 0) is 4.79 Å². The van der Waals surface area contributed by atoms with Gasteiger partial charge in [0.25, 0.3) is 0 Å². The number of nitrogens with zero attached hydrogens (tertiary/aromatic N) is 2. The van der Waals surface area contributed by atoms with Gasteiger partial charge in [0.15, 0.2) is 11.6 Å². The molecule has 1 atom stereocenters. The summed E-state index contributed by atoms with van der Waals surface area (Å²) in [7, 11) is 0. The molecular weight excluding hydrogens is 338 g/mol. The van der Waals surface area contributed by atoms with E-state index in [-0.39, 0.29) is 16.9 Å². The van der Waals surface area contributed by atoms with Crippen molar-refractivity contribution in [2.24, 2.45) is 5.73 Å². The molecule has 0 aliphatic carbocycles.